The Morgan fingerprint density at radius 1 is 1.00 bits per heavy atom. The van der Waals surface area contributed by atoms with E-state index in [0.29, 0.717) is 58.3 Å². The number of carbonyl (C=O) groups is 2. The summed E-state index contributed by atoms with van der Waals surface area (Å²) in [6, 6.07) is 0. The molecule has 25 heavy (non-hydrogen) atoms. The lowest BCUT2D eigenvalue weighted by Gasteiger charge is -2.26. The van der Waals surface area contributed by atoms with Crippen LogP contribution in [0.3, 0.4) is 0 Å². The van der Waals surface area contributed by atoms with Crippen LogP contribution in [-0.4, -0.2) is 86.5 Å². The predicted molar refractivity (Wildman–Crippen MR) is 98.3 cm³/mol. The molecular formula is C16H29ClN4O4. The summed E-state index contributed by atoms with van der Waals surface area (Å²) in [5, 5.41) is 7.16. The van der Waals surface area contributed by atoms with Crippen molar-refractivity contribution in [2.45, 2.75) is 20.8 Å². The zero-order valence-electron chi connectivity index (χ0n) is 14.0. The molecule has 2 aliphatic heterocycles. The first-order valence-corrected chi connectivity index (χ1v) is 7.63. The molecule has 2 fully saturated rings. The van der Waals surface area contributed by atoms with Gasteiger partial charge in [-0.25, -0.2) is 6.57 Å². The Balaban J connectivity index is 0. The van der Waals surface area contributed by atoms with Crippen molar-refractivity contribution in [1.82, 2.24) is 9.80 Å². The summed E-state index contributed by atoms with van der Waals surface area (Å²) in [7, 11) is 0. The molecule has 2 saturated heterocycles. The third-order valence-corrected chi connectivity index (χ3v) is 3.36. The maximum atomic E-state index is 11.3. The highest BCUT2D eigenvalue weighted by molar-refractivity contribution is 5.98. The Labute approximate surface area is 156 Å². The lowest BCUT2D eigenvalue weighted by Crippen LogP contribution is -2.41. The van der Waals surface area contributed by atoms with E-state index in [4.69, 9.17) is 21.5 Å². The lowest BCUT2D eigenvalue weighted by atomic mass is 10.2. The second-order valence-electron chi connectivity index (χ2n) is 5.26. The van der Waals surface area contributed by atoms with Crippen LogP contribution in [0.1, 0.15) is 20.8 Å². The lowest BCUT2D eigenvalue weighted by molar-refractivity contribution is -0.134. The van der Waals surface area contributed by atoms with Crippen LogP contribution >= 0.6 is 12.4 Å². The van der Waals surface area contributed by atoms with E-state index in [1.165, 1.54) is 0 Å². The molecule has 0 unspecified atom stereocenters. The van der Waals surface area contributed by atoms with Gasteiger partial charge in [0.25, 0.3) is 6.54 Å². The van der Waals surface area contributed by atoms with Crippen LogP contribution < -0.4 is 0 Å². The van der Waals surface area contributed by atoms with Gasteiger partial charge in [-0.15, -0.1) is 12.4 Å². The third-order valence-electron chi connectivity index (χ3n) is 3.36. The summed E-state index contributed by atoms with van der Waals surface area (Å²) >= 11 is 0. The number of morpholine rings is 2. The normalized spacial score (nSPS) is 16.2. The fourth-order valence-electron chi connectivity index (χ4n) is 2.13. The van der Waals surface area contributed by atoms with Crippen LogP contribution in [0, 0.1) is 12.0 Å². The Morgan fingerprint density at radius 2 is 1.40 bits per heavy atom. The molecule has 144 valence electrons. The summed E-state index contributed by atoms with van der Waals surface area (Å²) in [5.41, 5.74) is 0.423. The van der Waals surface area contributed by atoms with Crippen molar-refractivity contribution < 1.29 is 19.1 Å². The molecule has 2 aliphatic rings. The van der Waals surface area contributed by atoms with Crippen LogP contribution in [0.5, 0.6) is 0 Å². The number of amides is 2. The molecule has 0 saturated carbocycles. The van der Waals surface area contributed by atoms with Crippen LogP contribution in [0.2, 0.25) is 0 Å². The summed E-state index contributed by atoms with van der Waals surface area (Å²) < 4.78 is 10.2. The van der Waals surface area contributed by atoms with Gasteiger partial charge < -0.3 is 29.5 Å². The van der Waals surface area contributed by atoms with Gasteiger partial charge in [0.15, 0.2) is 0 Å². The number of carbonyl (C=O) groups excluding carboxylic acids is 2. The van der Waals surface area contributed by atoms with E-state index in [0.717, 1.165) is 0 Å². The first kappa shape index (κ1) is 25.5. The molecule has 0 bridgehead atoms. The van der Waals surface area contributed by atoms with Gasteiger partial charge in [-0.3, -0.25) is 9.59 Å². The predicted octanol–water partition coefficient (Wildman–Crippen LogP) is 1.10. The average Bonchev–Trinajstić information content (AvgIpc) is 2.57. The van der Waals surface area contributed by atoms with Gasteiger partial charge in [0.2, 0.25) is 5.91 Å². The minimum absolute atomic E-state index is 0. The number of nitrogens with zero attached hydrogens (tertiary/aromatic N) is 3. The Hall–Kier alpha value is -1.69. The topological polar surface area (TPSA) is 87.3 Å². The van der Waals surface area contributed by atoms with E-state index in [9.17, 15) is 9.59 Å². The quantitative estimate of drug-likeness (QED) is 0.590. The standard InChI is InChI=1S/C8H14N2O2.C7H10N2O2.CH4.ClH/c1-7(9)6-8(11)10-2-4-12-5-3-10;1-8-6-7(10)9-2-4-11-5-3-9;;/h9H,2-6H2,1H3;2-6H2;1H4;1H. The largest absolute Gasteiger partial charge is 0.378 e. The van der Waals surface area contributed by atoms with E-state index >= 15 is 0 Å². The summed E-state index contributed by atoms with van der Waals surface area (Å²) in [6.07, 6.45) is 0.250. The Morgan fingerprint density at radius 3 is 1.76 bits per heavy atom. The van der Waals surface area contributed by atoms with Crippen LogP contribution in [0.25, 0.3) is 4.85 Å². The summed E-state index contributed by atoms with van der Waals surface area (Å²) in [4.78, 5) is 28.8. The molecule has 8 nitrogen and oxygen atoms in total. The molecular weight excluding hydrogens is 348 g/mol. The zero-order chi connectivity index (χ0) is 17.1. The number of halogens is 1. The van der Waals surface area contributed by atoms with Gasteiger partial charge >= 0.3 is 5.91 Å². The maximum Gasteiger partial charge on any atom is 0.302 e. The van der Waals surface area contributed by atoms with Crippen molar-refractivity contribution in [3.8, 4) is 0 Å². The first-order valence-electron chi connectivity index (χ1n) is 7.63. The number of hydrogen-bond donors (Lipinski definition) is 1. The van der Waals surface area contributed by atoms with Crippen molar-refractivity contribution in [1.29, 1.82) is 5.41 Å². The second-order valence-corrected chi connectivity index (χ2v) is 5.26. The summed E-state index contributed by atoms with van der Waals surface area (Å²) in [6.45, 7) is 13.2. The smallest absolute Gasteiger partial charge is 0.302 e. The monoisotopic (exact) mass is 376 g/mol. The molecule has 0 radical (unpaired) electrons. The Bertz CT molecular complexity index is 456. The molecule has 0 spiro atoms. The number of hydrogen-bond acceptors (Lipinski definition) is 5. The number of ether oxygens (including phenoxy) is 2. The van der Waals surface area contributed by atoms with Crippen LogP contribution in [-0.2, 0) is 19.1 Å². The van der Waals surface area contributed by atoms with E-state index in [2.05, 4.69) is 4.85 Å². The molecule has 1 N–H and O–H groups in total. The molecule has 0 aliphatic carbocycles. The van der Waals surface area contributed by atoms with E-state index < -0.39 is 0 Å². The number of nitrogens with one attached hydrogen (secondary N) is 1. The van der Waals surface area contributed by atoms with Gasteiger partial charge in [0.05, 0.1) is 32.8 Å². The van der Waals surface area contributed by atoms with Crippen molar-refractivity contribution >= 4 is 29.9 Å². The highest BCUT2D eigenvalue weighted by Crippen LogP contribution is 2.00. The van der Waals surface area contributed by atoms with Gasteiger partial charge in [-0.1, -0.05) is 7.43 Å². The summed E-state index contributed by atoms with van der Waals surface area (Å²) in [5.74, 6) is -0.0332. The van der Waals surface area contributed by atoms with Crippen molar-refractivity contribution in [2.24, 2.45) is 0 Å². The number of rotatable bonds is 3. The van der Waals surface area contributed by atoms with Gasteiger partial charge in [-0.05, 0) is 6.92 Å². The molecule has 0 aromatic heterocycles. The molecule has 2 rings (SSSR count). The first-order chi connectivity index (χ1) is 11.0. The Kier molecular flexibility index (Phi) is 15.0. The maximum absolute atomic E-state index is 11.3. The fourth-order valence-corrected chi connectivity index (χ4v) is 2.13. The van der Waals surface area contributed by atoms with Crippen LogP contribution in [0.4, 0.5) is 0 Å². The third kappa shape index (κ3) is 10.7. The average molecular weight is 377 g/mol. The second kappa shape index (κ2) is 14.6. The fraction of sp³-hybridized carbons (Fsp3) is 0.750. The highest BCUT2D eigenvalue weighted by Gasteiger charge is 2.18. The molecule has 2 heterocycles. The van der Waals surface area contributed by atoms with Crippen molar-refractivity contribution in [2.75, 3.05) is 59.2 Å². The SMILES string of the molecule is C.CC(=N)CC(=O)N1CCOCC1.Cl.[C-]#[N+]CC(=O)N1CCOCC1. The minimum Gasteiger partial charge on any atom is -0.378 e. The molecule has 0 aromatic rings. The highest BCUT2D eigenvalue weighted by atomic mass is 35.5. The molecule has 9 heteroatoms. The van der Waals surface area contributed by atoms with Crippen LogP contribution in [0.15, 0.2) is 0 Å². The van der Waals surface area contributed by atoms with Gasteiger partial charge in [0.1, 0.15) is 0 Å². The zero-order valence-corrected chi connectivity index (χ0v) is 14.8. The van der Waals surface area contributed by atoms with Crippen molar-refractivity contribution in [3.63, 3.8) is 0 Å². The molecule has 2 amide bonds. The van der Waals surface area contributed by atoms with E-state index in [1.807, 2.05) is 0 Å². The van der Waals surface area contributed by atoms with Gasteiger partial charge in [-0.2, -0.15) is 0 Å². The minimum atomic E-state index is -0.0803. The van der Waals surface area contributed by atoms with Gasteiger partial charge in [0, 0.05) is 31.9 Å². The van der Waals surface area contributed by atoms with E-state index in [-0.39, 0.29) is 44.6 Å². The van der Waals surface area contributed by atoms with Crippen molar-refractivity contribution in [3.05, 3.63) is 11.4 Å². The molecule has 0 aromatic carbocycles. The molecule has 0 atom stereocenters. The van der Waals surface area contributed by atoms with E-state index in [1.54, 1.807) is 16.7 Å².